The predicted molar refractivity (Wildman–Crippen MR) is 124 cm³/mol. The van der Waals surface area contributed by atoms with Gasteiger partial charge in [-0.05, 0) is 68.7 Å². The summed E-state index contributed by atoms with van der Waals surface area (Å²) in [6.45, 7) is 7.88. The number of benzene rings is 2. The number of rotatable bonds is 2. The molecule has 5 rings (SSSR count). The number of hydrogen-bond acceptors (Lipinski definition) is 3. The van der Waals surface area contributed by atoms with E-state index in [4.69, 9.17) is 0 Å². The van der Waals surface area contributed by atoms with Crippen molar-refractivity contribution in [3.8, 4) is 0 Å². The van der Waals surface area contributed by atoms with Crippen LogP contribution in [0.3, 0.4) is 0 Å². The van der Waals surface area contributed by atoms with Gasteiger partial charge in [-0.3, -0.25) is 19.4 Å². The summed E-state index contributed by atoms with van der Waals surface area (Å²) in [6, 6.07) is 8.68. The van der Waals surface area contributed by atoms with Gasteiger partial charge < -0.3 is 0 Å². The van der Waals surface area contributed by atoms with Crippen molar-refractivity contribution in [1.82, 2.24) is 0 Å². The number of carbonyl (C=O) groups is 2. The van der Waals surface area contributed by atoms with Crippen molar-refractivity contribution >= 4 is 40.5 Å². The molecule has 4 nitrogen and oxygen atoms in total. The van der Waals surface area contributed by atoms with Crippen LogP contribution >= 0.6 is 11.8 Å². The zero-order valence-corrected chi connectivity index (χ0v) is 19.5. The normalized spacial score (nSPS) is 23.4. The van der Waals surface area contributed by atoms with E-state index in [-0.39, 0.29) is 23.3 Å². The van der Waals surface area contributed by atoms with Gasteiger partial charge in [-0.2, -0.15) is 13.2 Å². The average Bonchev–Trinajstić information content (AvgIpc) is 3.21. The first-order chi connectivity index (χ1) is 15.4. The zero-order chi connectivity index (χ0) is 23.9. The molecule has 0 saturated carbocycles. The minimum absolute atomic E-state index is 0.00773. The molecule has 33 heavy (non-hydrogen) atoms. The van der Waals surface area contributed by atoms with Gasteiger partial charge >= 0.3 is 6.18 Å². The van der Waals surface area contributed by atoms with Crippen LogP contribution in [0.15, 0.2) is 42.5 Å². The van der Waals surface area contributed by atoms with E-state index in [2.05, 4.69) is 6.07 Å². The van der Waals surface area contributed by atoms with Gasteiger partial charge in [0.05, 0.1) is 22.5 Å². The van der Waals surface area contributed by atoms with Gasteiger partial charge in [0, 0.05) is 16.8 Å². The third-order valence-electron chi connectivity index (χ3n) is 6.63. The van der Waals surface area contributed by atoms with Crippen LogP contribution in [0.25, 0.3) is 5.57 Å². The monoisotopic (exact) mass is 472 g/mol. The smallest absolute Gasteiger partial charge is 0.299 e. The average molecular weight is 473 g/mol. The molecule has 0 N–H and O–H groups in total. The number of alkyl halides is 3. The molecule has 0 aromatic heterocycles. The lowest BCUT2D eigenvalue weighted by atomic mass is 9.87. The maximum absolute atomic E-state index is 14.2. The molecule has 1 fully saturated rings. The van der Waals surface area contributed by atoms with Crippen molar-refractivity contribution < 1.29 is 22.8 Å². The lowest BCUT2D eigenvalue weighted by Crippen LogP contribution is -2.55. The van der Waals surface area contributed by atoms with Crippen molar-refractivity contribution in [3.63, 3.8) is 0 Å². The highest BCUT2D eigenvalue weighted by molar-refractivity contribution is 8.02. The number of aryl methyl sites for hydroxylation is 1. The molecule has 1 saturated heterocycles. The standard InChI is InChI=1S/C25H23F3N2O2S/c1-5-15-9-18-14(2)12-23(3,4)30-21(18)19(10-15)24(22(30)32)29(20(31)13-33-24)17-8-6-7-16(11-17)25(26,27)28/h6-12H,5,13H2,1-4H3/t24-/m1/s1. The van der Waals surface area contributed by atoms with Crippen LogP contribution in [0.4, 0.5) is 24.5 Å². The maximum atomic E-state index is 14.2. The van der Waals surface area contributed by atoms with Gasteiger partial charge in [0.15, 0.2) is 0 Å². The highest BCUT2D eigenvalue weighted by atomic mass is 32.2. The maximum Gasteiger partial charge on any atom is 0.416 e. The third-order valence-corrected chi connectivity index (χ3v) is 8.02. The second kappa shape index (κ2) is 6.88. The Balaban J connectivity index is 1.80. The van der Waals surface area contributed by atoms with E-state index in [1.807, 2.05) is 39.8 Å². The third kappa shape index (κ3) is 2.92. The number of fused-ring (bicyclic) bond motifs is 1. The number of hydrogen-bond donors (Lipinski definition) is 0. The number of anilines is 2. The highest BCUT2D eigenvalue weighted by Gasteiger charge is 2.64. The summed E-state index contributed by atoms with van der Waals surface area (Å²) in [5, 5.41) is 0. The van der Waals surface area contributed by atoms with Crippen LogP contribution in [0.2, 0.25) is 0 Å². The summed E-state index contributed by atoms with van der Waals surface area (Å²) in [5.41, 5.74) is 2.97. The molecule has 1 spiro atoms. The van der Waals surface area contributed by atoms with Crippen LogP contribution in [0.5, 0.6) is 0 Å². The van der Waals surface area contributed by atoms with E-state index < -0.39 is 22.1 Å². The molecule has 1 atom stereocenters. The van der Waals surface area contributed by atoms with E-state index >= 15 is 0 Å². The first-order valence-electron chi connectivity index (χ1n) is 10.8. The Hall–Kier alpha value is -2.74. The van der Waals surface area contributed by atoms with Crippen molar-refractivity contribution in [2.45, 2.75) is 50.7 Å². The molecule has 2 amide bonds. The molecule has 3 aliphatic rings. The fraction of sp³-hybridized carbons (Fsp3) is 0.360. The fourth-order valence-corrected chi connectivity index (χ4v) is 6.59. The minimum Gasteiger partial charge on any atom is -0.299 e. The van der Waals surface area contributed by atoms with Gasteiger partial charge in [0.1, 0.15) is 0 Å². The molecule has 0 aliphatic carbocycles. The summed E-state index contributed by atoms with van der Waals surface area (Å²) in [6.07, 6.45) is -1.80. The van der Waals surface area contributed by atoms with Gasteiger partial charge in [0.2, 0.25) is 10.8 Å². The van der Waals surface area contributed by atoms with Crippen LogP contribution in [-0.4, -0.2) is 23.1 Å². The first kappa shape index (κ1) is 22.1. The Morgan fingerprint density at radius 1 is 1.09 bits per heavy atom. The second-order valence-corrected chi connectivity index (χ2v) is 10.4. The van der Waals surface area contributed by atoms with Crippen LogP contribution in [-0.2, 0) is 27.1 Å². The van der Waals surface area contributed by atoms with Gasteiger partial charge in [-0.15, -0.1) is 11.8 Å². The van der Waals surface area contributed by atoms with Crippen molar-refractivity contribution in [2.75, 3.05) is 15.6 Å². The number of nitrogens with zero attached hydrogens (tertiary/aromatic N) is 2. The molecule has 2 aromatic carbocycles. The van der Waals surface area contributed by atoms with Crippen LogP contribution in [0.1, 0.15) is 49.9 Å². The summed E-state index contributed by atoms with van der Waals surface area (Å²) < 4.78 is 40.4. The highest BCUT2D eigenvalue weighted by Crippen LogP contribution is 2.60. The Labute approximate surface area is 194 Å². The largest absolute Gasteiger partial charge is 0.416 e. The Bertz CT molecular complexity index is 1250. The molecule has 172 valence electrons. The molecule has 2 aromatic rings. The molecule has 0 unspecified atom stereocenters. The predicted octanol–water partition coefficient (Wildman–Crippen LogP) is 5.74. The summed E-state index contributed by atoms with van der Waals surface area (Å²) >= 11 is 1.19. The Morgan fingerprint density at radius 3 is 2.48 bits per heavy atom. The fourth-order valence-electron chi connectivity index (χ4n) is 5.26. The van der Waals surface area contributed by atoms with E-state index in [1.54, 1.807) is 4.90 Å². The SMILES string of the molecule is CCc1cc2c3c(c1)[C@@]1(SCC(=O)N1c1cccc(C(F)(F)F)c1)C(=O)N3C(C)(C)C=C2C. The molecular weight excluding hydrogens is 449 g/mol. The zero-order valence-electron chi connectivity index (χ0n) is 18.7. The van der Waals surface area contributed by atoms with Crippen molar-refractivity contribution in [1.29, 1.82) is 0 Å². The van der Waals surface area contributed by atoms with Crippen molar-refractivity contribution in [2.24, 2.45) is 0 Å². The molecule has 3 heterocycles. The van der Waals surface area contributed by atoms with Crippen molar-refractivity contribution in [3.05, 3.63) is 64.7 Å². The van der Waals surface area contributed by atoms with E-state index in [0.29, 0.717) is 5.56 Å². The van der Waals surface area contributed by atoms with E-state index in [0.717, 1.165) is 40.9 Å². The molecule has 3 aliphatic heterocycles. The van der Waals surface area contributed by atoms with Crippen LogP contribution in [0, 0.1) is 0 Å². The van der Waals surface area contributed by atoms with Gasteiger partial charge in [-0.1, -0.05) is 19.1 Å². The lowest BCUT2D eigenvalue weighted by Gasteiger charge is -2.40. The number of allylic oxidation sites excluding steroid dienone is 1. The molecule has 8 heteroatoms. The molecule has 0 bridgehead atoms. The molecular formula is C25H23F3N2O2S. The summed E-state index contributed by atoms with van der Waals surface area (Å²) in [4.78, 5) is 28.9. The Kier molecular flexibility index (Phi) is 4.60. The second-order valence-electron chi connectivity index (χ2n) is 9.22. The number of amides is 2. The van der Waals surface area contributed by atoms with Crippen LogP contribution < -0.4 is 9.80 Å². The van der Waals surface area contributed by atoms with Gasteiger partial charge in [-0.25, -0.2) is 0 Å². The number of halogens is 3. The van der Waals surface area contributed by atoms with Gasteiger partial charge in [0.25, 0.3) is 5.91 Å². The summed E-state index contributed by atoms with van der Waals surface area (Å²) in [7, 11) is 0. The lowest BCUT2D eigenvalue weighted by molar-refractivity contribution is -0.137. The number of thioether (sulfide) groups is 1. The Morgan fingerprint density at radius 2 is 1.82 bits per heavy atom. The minimum atomic E-state index is -4.56. The summed E-state index contributed by atoms with van der Waals surface area (Å²) in [5.74, 6) is -0.673. The topological polar surface area (TPSA) is 40.6 Å². The quantitative estimate of drug-likeness (QED) is 0.560. The van der Waals surface area contributed by atoms with E-state index in [9.17, 15) is 22.8 Å². The first-order valence-corrected chi connectivity index (χ1v) is 11.8. The number of carbonyl (C=O) groups excluding carboxylic acids is 2. The molecule has 0 radical (unpaired) electrons. The van der Waals surface area contributed by atoms with E-state index in [1.165, 1.54) is 28.8 Å².